The fraction of sp³-hybridized carbons (Fsp3) is 0.667. The Hall–Kier alpha value is -1.63. The fourth-order valence-corrected chi connectivity index (χ4v) is 3.71. The third kappa shape index (κ3) is 3.40. The number of likely N-dealkylation sites (tertiary alicyclic amines) is 1. The minimum atomic E-state index is -0.842. The zero-order chi connectivity index (χ0) is 16.4. The maximum absolute atomic E-state index is 12.4. The van der Waals surface area contributed by atoms with Crippen molar-refractivity contribution < 1.29 is 14.7 Å². The molecule has 0 saturated carbocycles. The molecule has 1 aliphatic rings. The lowest BCUT2D eigenvalue weighted by Crippen LogP contribution is -2.47. The van der Waals surface area contributed by atoms with E-state index >= 15 is 0 Å². The number of thiazole rings is 1. The third-order valence-electron chi connectivity index (χ3n) is 4.48. The molecule has 1 aromatic rings. The molecule has 2 unspecified atom stereocenters. The zero-order valence-electron chi connectivity index (χ0n) is 13.2. The van der Waals surface area contributed by atoms with E-state index in [-0.39, 0.29) is 29.8 Å². The molecule has 1 aromatic heterocycles. The summed E-state index contributed by atoms with van der Waals surface area (Å²) in [7, 11) is 0. The van der Waals surface area contributed by atoms with E-state index in [0.29, 0.717) is 19.4 Å². The summed E-state index contributed by atoms with van der Waals surface area (Å²) >= 11 is 1.19. The summed E-state index contributed by atoms with van der Waals surface area (Å²) in [5, 5.41) is 9.13. The predicted molar refractivity (Wildman–Crippen MR) is 84.2 cm³/mol. The molecule has 0 spiro atoms. The van der Waals surface area contributed by atoms with Crippen molar-refractivity contribution >= 4 is 23.2 Å². The highest BCUT2D eigenvalue weighted by Crippen LogP contribution is 2.23. The number of carboxylic acid groups (broad SMARTS) is 1. The van der Waals surface area contributed by atoms with Crippen LogP contribution in [-0.4, -0.2) is 39.0 Å². The van der Waals surface area contributed by atoms with Gasteiger partial charge in [-0.15, -0.1) is 0 Å². The second-order valence-electron chi connectivity index (χ2n) is 5.92. The minimum absolute atomic E-state index is 0.0436. The second-order valence-corrected chi connectivity index (χ2v) is 7.08. The van der Waals surface area contributed by atoms with Crippen molar-refractivity contribution in [3.05, 3.63) is 20.2 Å². The first kappa shape index (κ1) is 16.7. The Labute approximate surface area is 133 Å². The molecule has 122 valence electrons. The van der Waals surface area contributed by atoms with Crippen molar-refractivity contribution in [1.82, 2.24) is 9.47 Å². The Bertz CT molecular complexity index is 634. The highest BCUT2D eigenvalue weighted by atomic mass is 32.1. The van der Waals surface area contributed by atoms with Gasteiger partial charge in [0.05, 0.1) is 5.92 Å². The number of piperidine rings is 1. The van der Waals surface area contributed by atoms with E-state index in [9.17, 15) is 14.4 Å². The third-order valence-corrected chi connectivity index (χ3v) is 5.47. The number of rotatable bonds is 4. The summed E-state index contributed by atoms with van der Waals surface area (Å²) in [4.78, 5) is 37.9. The summed E-state index contributed by atoms with van der Waals surface area (Å²) in [5.74, 6) is -1.40. The number of carboxylic acids is 1. The van der Waals surface area contributed by atoms with Crippen LogP contribution >= 0.6 is 11.3 Å². The van der Waals surface area contributed by atoms with Crippen molar-refractivity contribution in [3.63, 3.8) is 0 Å². The average molecular weight is 326 g/mol. The molecule has 7 heteroatoms. The van der Waals surface area contributed by atoms with Gasteiger partial charge in [0.1, 0.15) is 0 Å². The molecule has 2 atom stereocenters. The number of nitrogens with zero attached hydrogens (tertiary/aromatic N) is 2. The van der Waals surface area contributed by atoms with Crippen LogP contribution in [0.1, 0.15) is 36.8 Å². The average Bonchev–Trinajstić information content (AvgIpc) is 2.70. The van der Waals surface area contributed by atoms with E-state index in [2.05, 4.69) is 0 Å². The first-order valence-corrected chi connectivity index (χ1v) is 8.32. The summed E-state index contributed by atoms with van der Waals surface area (Å²) in [5.41, 5.74) is 0.901. The molecular weight excluding hydrogens is 304 g/mol. The molecule has 0 aliphatic carbocycles. The summed E-state index contributed by atoms with van der Waals surface area (Å²) < 4.78 is 1.63. The minimum Gasteiger partial charge on any atom is -0.481 e. The molecule has 1 amide bonds. The van der Waals surface area contributed by atoms with Crippen molar-refractivity contribution in [2.45, 2.75) is 52.6 Å². The topological polar surface area (TPSA) is 79.6 Å². The molecular formula is C15H22N2O4S. The monoisotopic (exact) mass is 326 g/mol. The van der Waals surface area contributed by atoms with E-state index in [1.165, 1.54) is 11.3 Å². The van der Waals surface area contributed by atoms with Gasteiger partial charge in [0.15, 0.2) is 0 Å². The number of aryl methyl sites for hydroxylation is 1. The predicted octanol–water partition coefficient (Wildman–Crippen LogP) is 1.63. The number of hydrogen-bond donors (Lipinski definition) is 1. The van der Waals surface area contributed by atoms with E-state index in [4.69, 9.17) is 5.11 Å². The second kappa shape index (κ2) is 6.64. The zero-order valence-corrected chi connectivity index (χ0v) is 14.0. The lowest BCUT2D eigenvalue weighted by Gasteiger charge is -2.36. The maximum Gasteiger partial charge on any atom is 0.308 e. The van der Waals surface area contributed by atoms with Gasteiger partial charge in [-0.2, -0.15) is 0 Å². The lowest BCUT2D eigenvalue weighted by atomic mass is 9.93. The SMILES string of the molecule is Cc1sc(=O)n(CCC(=O)N2CC(C(=O)O)CCC2C)c1C. The first-order chi connectivity index (χ1) is 10.3. The molecule has 0 radical (unpaired) electrons. The van der Waals surface area contributed by atoms with Gasteiger partial charge in [-0.1, -0.05) is 11.3 Å². The van der Waals surface area contributed by atoms with Crippen LogP contribution in [0.4, 0.5) is 0 Å². The van der Waals surface area contributed by atoms with Crippen LogP contribution in [0.2, 0.25) is 0 Å². The lowest BCUT2D eigenvalue weighted by molar-refractivity contribution is -0.147. The molecule has 1 aliphatic heterocycles. The van der Waals surface area contributed by atoms with Gasteiger partial charge in [-0.05, 0) is 33.6 Å². The molecule has 22 heavy (non-hydrogen) atoms. The number of carbonyl (C=O) groups excluding carboxylic acids is 1. The molecule has 0 bridgehead atoms. The van der Waals surface area contributed by atoms with Gasteiger partial charge in [-0.3, -0.25) is 14.4 Å². The quantitative estimate of drug-likeness (QED) is 0.912. The highest BCUT2D eigenvalue weighted by Gasteiger charge is 2.32. The van der Waals surface area contributed by atoms with Crippen molar-refractivity contribution in [2.75, 3.05) is 6.54 Å². The van der Waals surface area contributed by atoms with Gasteiger partial charge >= 0.3 is 10.8 Å². The number of amides is 1. The smallest absolute Gasteiger partial charge is 0.308 e. The Morgan fingerprint density at radius 1 is 1.32 bits per heavy atom. The number of hydrogen-bond acceptors (Lipinski definition) is 4. The number of aliphatic carboxylic acids is 1. The summed E-state index contributed by atoms with van der Waals surface area (Å²) in [6, 6.07) is 0.0603. The van der Waals surface area contributed by atoms with Crippen LogP contribution in [0.15, 0.2) is 4.79 Å². The van der Waals surface area contributed by atoms with Crippen LogP contribution < -0.4 is 4.87 Å². The largest absolute Gasteiger partial charge is 0.481 e. The van der Waals surface area contributed by atoms with Crippen molar-refractivity contribution in [3.8, 4) is 0 Å². The standard InChI is InChI=1S/C15H22N2O4S/c1-9-4-5-12(14(19)20)8-17(9)13(18)6-7-16-10(2)11(3)22-15(16)21/h9,12H,4-8H2,1-3H3,(H,19,20). The number of carbonyl (C=O) groups is 2. The van der Waals surface area contributed by atoms with Gasteiger partial charge in [0.25, 0.3) is 0 Å². The molecule has 2 rings (SSSR count). The Morgan fingerprint density at radius 3 is 2.55 bits per heavy atom. The first-order valence-electron chi connectivity index (χ1n) is 7.50. The molecule has 2 heterocycles. The molecule has 1 saturated heterocycles. The van der Waals surface area contributed by atoms with Crippen molar-refractivity contribution in [2.24, 2.45) is 5.92 Å². The van der Waals surface area contributed by atoms with Crippen LogP contribution in [-0.2, 0) is 16.1 Å². The normalized spacial score (nSPS) is 21.9. The van der Waals surface area contributed by atoms with Crippen LogP contribution in [0.3, 0.4) is 0 Å². The Kier molecular flexibility index (Phi) is 5.05. The van der Waals surface area contributed by atoms with Gasteiger partial charge < -0.3 is 14.6 Å². The fourth-order valence-electron chi connectivity index (χ4n) is 2.85. The van der Waals surface area contributed by atoms with Crippen LogP contribution in [0.5, 0.6) is 0 Å². The summed E-state index contributed by atoms with van der Waals surface area (Å²) in [6.45, 7) is 6.34. The number of aromatic nitrogens is 1. The Morgan fingerprint density at radius 2 is 2.00 bits per heavy atom. The van der Waals surface area contributed by atoms with Crippen molar-refractivity contribution in [1.29, 1.82) is 0 Å². The summed E-state index contributed by atoms with van der Waals surface area (Å²) in [6.07, 6.45) is 1.55. The molecule has 0 aromatic carbocycles. The molecule has 6 nitrogen and oxygen atoms in total. The van der Waals surface area contributed by atoms with Gasteiger partial charge in [0.2, 0.25) is 5.91 Å². The highest BCUT2D eigenvalue weighted by molar-refractivity contribution is 7.09. The van der Waals surface area contributed by atoms with Crippen LogP contribution in [0.25, 0.3) is 0 Å². The molecule has 1 fully saturated rings. The molecule has 1 N–H and O–H groups in total. The van der Waals surface area contributed by atoms with E-state index in [0.717, 1.165) is 10.6 Å². The van der Waals surface area contributed by atoms with Gasteiger partial charge in [-0.25, -0.2) is 0 Å². The van der Waals surface area contributed by atoms with Gasteiger partial charge in [0, 0.05) is 36.1 Å². The van der Waals surface area contributed by atoms with E-state index in [1.54, 1.807) is 9.47 Å². The maximum atomic E-state index is 12.4. The van der Waals surface area contributed by atoms with E-state index < -0.39 is 11.9 Å². The van der Waals surface area contributed by atoms with E-state index in [1.807, 2.05) is 20.8 Å². The Balaban J connectivity index is 2.02. The van der Waals surface area contributed by atoms with Crippen LogP contribution in [0, 0.1) is 19.8 Å².